The van der Waals surface area contributed by atoms with Gasteiger partial charge in [0, 0.05) is 0 Å². The summed E-state index contributed by atoms with van der Waals surface area (Å²) in [5, 5.41) is 0. The molecule has 0 aliphatic carbocycles. The lowest BCUT2D eigenvalue weighted by atomic mass is 9.99. The van der Waals surface area contributed by atoms with E-state index in [-0.39, 0.29) is 5.97 Å². The van der Waals surface area contributed by atoms with Crippen molar-refractivity contribution in [1.82, 2.24) is 0 Å². The van der Waals surface area contributed by atoms with Crippen LogP contribution in [-0.2, 0) is 9.53 Å². The molecule has 0 radical (unpaired) electrons. The summed E-state index contributed by atoms with van der Waals surface area (Å²) in [5.41, 5.74) is 7.02. The van der Waals surface area contributed by atoms with E-state index in [1.807, 2.05) is 30.3 Å². The van der Waals surface area contributed by atoms with Crippen LogP contribution in [0.25, 0.3) is 5.57 Å². The third-order valence-corrected chi connectivity index (χ3v) is 2.53. The van der Waals surface area contributed by atoms with Gasteiger partial charge in [-0.15, -0.1) is 0 Å². The number of hydrogen-bond acceptors (Lipinski definition) is 3. The highest BCUT2D eigenvalue weighted by molar-refractivity contribution is 6.19. The Hall–Kier alpha value is -1.77. The Morgan fingerprint density at radius 2 is 1.80 bits per heavy atom. The van der Waals surface area contributed by atoms with Crippen molar-refractivity contribution in [2.45, 2.75) is 19.4 Å². The van der Waals surface area contributed by atoms with Gasteiger partial charge in [0.25, 0.3) is 0 Å². The van der Waals surface area contributed by atoms with Crippen LogP contribution in [0.4, 0.5) is 0 Å². The molecule has 1 aliphatic rings. The Balaban J connectivity index is 2.54. The first kappa shape index (κ1) is 9.77. The summed E-state index contributed by atoms with van der Waals surface area (Å²) in [7, 11) is 0. The van der Waals surface area contributed by atoms with Crippen molar-refractivity contribution in [2.75, 3.05) is 0 Å². The Labute approximate surface area is 88.5 Å². The number of nitrogens with two attached hydrogens (primary N) is 1. The van der Waals surface area contributed by atoms with E-state index in [4.69, 9.17) is 10.5 Å². The molecule has 0 unspecified atom stereocenters. The van der Waals surface area contributed by atoms with E-state index < -0.39 is 5.60 Å². The molecule has 0 saturated heterocycles. The molecule has 1 aromatic rings. The van der Waals surface area contributed by atoms with E-state index in [0.717, 1.165) is 5.56 Å². The zero-order valence-electron chi connectivity index (χ0n) is 8.78. The molecule has 1 aromatic carbocycles. The van der Waals surface area contributed by atoms with E-state index in [1.54, 1.807) is 13.8 Å². The van der Waals surface area contributed by atoms with Crippen LogP contribution >= 0.6 is 0 Å². The van der Waals surface area contributed by atoms with Gasteiger partial charge in [-0.25, -0.2) is 4.79 Å². The molecule has 2 rings (SSSR count). The number of hydrogen-bond donors (Lipinski definition) is 1. The lowest BCUT2D eigenvalue weighted by Crippen LogP contribution is -2.27. The topological polar surface area (TPSA) is 52.3 Å². The lowest BCUT2D eigenvalue weighted by molar-refractivity contribution is -0.142. The summed E-state index contributed by atoms with van der Waals surface area (Å²) in [6.45, 7) is 3.58. The second-order valence-electron chi connectivity index (χ2n) is 4.05. The molecule has 78 valence electrons. The first-order valence-corrected chi connectivity index (χ1v) is 4.81. The molecule has 1 heterocycles. The van der Waals surface area contributed by atoms with Gasteiger partial charge < -0.3 is 10.5 Å². The van der Waals surface area contributed by atoms with Gasteiger partial charge in [-0.1, -0.05) is 30.3 Å². The summed E-state index contributed by atoms with van der Waals surface area (Å²) in [6.07, 6.45) is 0. The zero-order chi connectivity index (χ0) is 11.1. The first-order valence-electron chi connectivity index (χ1n) is 4.81. The SMILES string of the molecule is CC1(C)OC(=O)C(c2ccccc2)=C1N. The van der Waals surface area contributed by atoms with Crippen LogP contribution in [0.2, 0.25) is 0 Å². The van der Waals surface area contributed by atoms with Crippen molar-refractivity contribution >= 4 is 11.5 Å². The molecule has 0 fully saturated rings. The molecular formula is C12H13NO2. The number of esters is 1. The van der Waals surface area contributed by atoms with E-state index in [2.05, 4.69) is 0 Å². The minimum atomic E-state index is -0.692. The van der Waals surface area contributed by atoms with Gasteiger partial charge >= 0.3 is 5.97 Å². The average molecular weight is 203 g/mol. The van der Waals surface area contributed by atoms with E-state index in [9.17, 15) is 4.79 Å². The predicted molar refractivity (Wildman–Crippen MR) is 57.7 cm³/mol. The van der Waals surface area contributed by atoms with Crippen LogP contribution < -0.4 is 5.73 Å². The maximum Gasteiger partial charge on any atom is 0.341 e. The maximum absolute atomic E-state index is 11.6. The van der Waals surface area contributed by atoms with Crippen molar-refractivity contribution in [3.63, 3.8) is 0 Å². The second kappa shape index (κ2) is 3.12. The highest BCUT2D eigenvalue weighted by atomic mass is 16.6. The lowest BCUT2D eigenvalue weighted by Gasteiger charge is -2.17. The summed E-state index contributed by atoms with van der Waals surface area (Å²) in [5.74, 6) is -0.344. The number of rotatable bonds is 1. The van der Waals surface area contributed by atoms with Crippen molar-refractivity contribution in [2.24, 2.45) is 5.73 Å². The fraction of sp³-hybridized carbons (Fsp3) is 0.250. The standard InChI is InChI=1S/C12H13NO2/c1-12(2)10(13)9(11(14)15-12)8-6-4-3-5-7-8/h3-7H,13H2,1-2H3. The van der Waals surface area contributed by atoms with Gasteiger partial charge in [-0.05, 0) is 19.4 Å². The number of benzene rings is 1. The third-order valence-electron chi connectivity index (χ3n) is 2.53. The molecule has 0 bridgehead atoms. The van der Waals surface area contributed by atoms with Crippen LogP contribution in [0.5, 0.6) is 0 Å². The fourth-order valence-electron chi connectivity index (χ4n) is 1.63. The van der Waals surface area contributed by atoms with Gasteiger partial charge in [0.15, 0.2) is 0 Å². The van der Waals surface area contributed by atoms with E-state index >= 15 is 0 Å². The summed E-state index contributed by atoms with van der Waals surface area (Å²) in [4.78, 5) is 11.6. The first-order chi connectivity index (χ1) is 7.02. The monoisotopic (exact) mass is 203 g/mol. The Morgan fingerprint density at radius 1 is 1.20 bits per heavy atom. The molecular weight excluding hydrogens is 190 g/mol. The summed E-state index contributed by atoms with van der Waals surface area (Å²) in [6, 6.07) is 9.34. The van der Waals surface area contributed by atoms with Crippen LogP contribution in [-0.4, -0.2) is 11.6 Å². The number of cyclic esters (lactones) is 1. The smallest absolute Gasteiger partial charge is 0.341 e. The average Bonchev–Trinajstić information content (AvgIpc) is 2.38. The van der Waals surface area contributed by atoms with Crippen molar-refractivity contribution in [3.05, 3.63) is 41.6 Å². The Morgan fingerprint density at radius 3 is 2.27 bits per heavy atom. The minimum Gasteiger partial charge on any atom is -0.450 e. The fourth-order valence-corrected chi connectivity index (χ4v) is 1.63. The van der Waals surface area contributed by atoms with Crippen LogP contribution in [0, 0.1) is 0 Å². The molecule has 0 aromatic heterocycles. The third kappa shape index (κ3) is 1.50. The molecule has 3 heteroatoms. The molecule has 0 atom stereocenters. The van der Waals surface area contributed by atoms with Crippen molar-refractivity contribution < 1.29 is 9.53 Å². The Kier molecular flexibility index (Phi) is 2.03. The predicted octanol–water partition coefficient (Wildman–Crippen LogP) is 1.69. The molecule has 15 heavy (non-hydrogen) atoms. The quantitative estimate of drug-likeness (QED) is 0.707. The van der Waals surface area contributed by atoms with Gasteiger partial charge in [0.05, 0.1) is 11.3 Å². The number of ether oxygens (including phenoxy) is 1. The number of carbonyl (C=O) groups excluding carboxylic acids is 1. The normalized spacial score (nSPS) is 19.2. The molecule has 1 aliphatic heterocycles. The minimum absolute atomic E-state index is 0.344. The highest BCUT2D eigenvalue weighted by Crippen LogP contribution is 2.34. The van der Waals surface area contributed by atoms with E-state index in [0.29, 0.717) is 11.3 Å². The molecule has 2 N–H and O–H groups in total. The van der Waals surface area contributed by atoms with Crippen molar-refractivity contribution in [1.29, 1.82) is 0 Å². The van der Waals surface area contributed by atoms with Crippen molar-refractivity contribution in [3.8, 4) is 0 Å². The second-order valence-corrected chi connectivity index (χ2v) is 4.05. The Bertz CT molecular complexity index is 432. The summed E-state index contributed by atoms with van der Waals surface area (Å²) >= 11 is 0. The van der Waals surface area contributed by atoms with Crippen LogP contribution in [0.15, 0.2) is 36.0 Å². The largest absolute Gasteiger partial charge is 0.450 e. The summed E-state index contributed by atoms with van der Waals surface area (Å²) < 4.78 is 5.19. The van der Waals surface area contributed by atoms with Crippen LogP contribution in [0.3, 0.4) is 0 Å². The van der Waals surface area contributed by atoms with Gasteiger partial charge in [0.1, 0.15) is 5.60 Å². The maximum atomic E-state index is 11.6. The van der Waals surface area contributed by atoms with Gasteiger partial charge in [-0.2, -0.15) is 0 Å². The zero-order valence-corrected chi connectivity index (χ0v) is 8.78. The van der Waals surface area contributed by atoms with E-state index in [1.165, 1.54) is 0 Å². The van der Waals surface area contributed by atoms with Crippen LogP contribution in [0.1, 0.15) is 19.4 Å². The molecule has 3 nitrogen and oxygen atoms in total. The number of carbonyl (C=O) groups is 1. The molecule has 0 amide bonds. The molecule has 0 spiro atoms. The van der Waals surface area contributed by atoms with Gasteiger partial charge in [-0.3, -0.25) is 0 Å². The highest BCUT2D eigenvalue weighted by Gasteiger charge is 2.39. The molecule has 0 saturated carbocycles. The van der Waals surface area contributed by atoms with Gasteiger partial charge in [0.2, 0.25) is 0 Å².